The average Bonchev–Trinajstić information content (AvgIpc) is 2.76. The molecule has 1 amide bonds. The highest BCUT2D eigenvalue weighted by molar-refractivity contribution is 8.00. The van der Waals surface area contributed by atoms with Crippen molar-refractivity contribution in [1.82, 2.24) is 14.9 Å². The number of nitrogens with one attached hydrogen (secondary N) is 1. The van der Waals surface area contributed by atoms with Gasteiger partial charge in [0.25, 0.3) is 5.56 Å². The van der Waals surface area contributed by atoms with Gasteiger partial charge in [-0.15, -0.1) is 0 Å². The summed E-state index contributed by atoms with van der Waals surface area (Å²) in [6.45, 7) is 4.50. The summed E-state index contributed by atoms with van der Waals surface area (Å²) in [6.07, 6.45) is 3.92. The Hall–Kier alpha value is -2.60. The van der Waals surface area contributed by atoms with Crippen molar-refractivity contribution in [2.24, 2.45) is 0 Å². The molecule has 1 heterocycles. The van der Waals surface area contributed by atoms with Crippen molar-refractivity contribution in [3.63, 3.8) is 0 Å². The molecule has 1 N–H and O–H groups in total. The zero-order valence-corrected chi connectivity index (χ0v) is 18.2. The van der Waals surface area contributed by atoms with Crippen LogP contribution in [0.25, 0.3) is 10.9 Å². The number of benzene rings is 2. The Bertz CT molecular complexity index is 1120. The number of aromatic nitrogens is 2. The smallest absolute Gasteiger partial charge is 0.262 e. The summed E-state index contributed by atoms with van der Waals surface area (Å²) in [4.78, 5) is 30.7. The maximum absolute atomic E-state index is 13.0. The van der Waals surface area contributed by atoms with Crippen LogP contribution in [-0.4, -0.2) is 20.7 Å². The molecular weight excluding hydrogens is 394 g/mol. The summed E-state index contributed by atoms with van der Waals surface area (Å²) in [5, 5.41) is 4.09. The summed E-state index contributed by atoms with van der Waals surface area (Å²) in [5.74, 6) is -0.0211. The number of hydrogen-bond acceptors (Lipinski definition) is 4. The first-order valence-corrected chi connectivity index (χ1v) is 11.5. The first kappa shape index (κ1) is 20.7. The monoisotopic (exact) mass is 421 g/mol. The summed E-state index contributed by atoms with van der Waals surface area (Å²) in [5.41, 5.74) is 3.17. The largest absolute Gasteiger partial charge is 0.348 e. The normalized spacial score (nSPS) is 16.8. The third kappa shape index (κ3) is 4.15. The van der Waals surface area contributed by atoms with Gasteiger partial charge in [-0.2, -0.15) is 0 Å². The molecule has 0 saturated carbocycles. The SMILES string of the molecule is CCCn1c(S[C@@H](C)C(=O)N[C@H]2CCCc3ccccc32)nc2ccccc2c1=O. The minimum atomic E-state index is -0.352. The molecule has 1 aromatic heterocycles. The fourth-order valence-electron chi connectivity index (χ4n) is 4.06. The van der Waals surface area contributed by atoms with Crippen LogP contribution in [0.2, 0.25) is 0 Å². The van der Waals surface area contributed by atoms with E-state index in [2.05, 4.69) is 23.5 Å². The van der Waals surface area contributed by atoms with Gasteiger partial charge in [-0.05, 0) is 55.9 Å². The maximum atomic E-state index is 13.0. The van der Waals surface area contributed by atoms with Gasteiger partial charge in [0.05, 0.1) is 22.2 Å². The molecule has 0 fully saturated rings. The zero-order chi connectivity index (χ0) is 21.1. The third-order valence-electron chi connectivity index (χ3n) is 5.61. The Morgan fingerprint density at radius 3 is 2.83 bits per heavy atom. The lowest BCUT2D eigenvalue weighted by Gasteiger charge is -2.27. The van der Waals surface area contributed by atoms with E-state index in [4.69, 9.17) is 4.98 Å². The molecule has 156 valence electrons. The van der Waals surface area contributed by atoms with Crippen LogP contribution in [0.5, 0.6) is 0 Å². The molecule has 0 radical (unpaired) electrons. The number of carbonyl (C=O) groups excluding carboxylic acids is 1. The predicted molar refractivity (Wildman–Crippen MR) is 122 cm³/mol. The second-order valence-electron chi connectivity index (χ2n) is 7.78. The van der Waals surface area contributed by atoms with Crippen molar-refractivity contribution in [3.8, 4) is 0 Å². The first-order valence-electron chi connectivity index (χ1n) is 10.6. The van der Waals surface area contributed by atoms with E-state index >= 15 is 0 Å². The topological polar surface area (TPSA) is 64.0 Å². The van der Waals surface area contributed by atoms with Crippen LogP contribution >= 0.6 is 11.8 Å². The Morgan fingerprint density at radius 2 is 2.00 bits per heavy atom. The highest BCUT2D eigenvalue weighted by atomic mass is 32.2. The number of fused-ring (bicyclic) bond motifs is 2. The lowest BCUT2D eigenvalue weighted by molar-refractivity contribution is -0.121. The molecule has 1 aliphatic rings. The average molecular weight is 422 g/mol. The molecule has 0 spiro atoms. The van der Waals surface area contributed by atoms with E-state index < -0.39 is 0 Å². The van der Waals surface area contributed by atoms with E-state index in [-0.39, 0.29) is 22.8 Å². The maximum Gasteiger partial charge on any atom is 0.262 e. The summed E-state index contributed by atoms with van der Waals surface area (Å²) in [6, 6.07) is 15.8. The Labute approximate surface area is 180 Å². The second-order valence-corrected chi connectivity index (χ2v) is 9.09. The molecule has 3 aromatic rings. The standard InChI is InChI=1S/C24H27N3O2S/c1-3-15-27-23(29)19-12-6-7-13-21(19)26-24(27)30-16(2)22(28)25-20-14-8-10-17-9-4-5-11-18(17)20/h4-7,9,11-13,16,20H,3,8,10,14-15H2,1-2H3,(H,25,28)/t16-,20-/m0/s1. The van der Waals surface area contributed by atoms with Crippen LogP contribution < -0.4 is 10.9 Å². The first-order chi connectivity index (χ1) is 14.6. The van der Waals surface area contributed by atoms with Crippen LogP contribution in [0.1, 0.15) is 50.3 Å². The van der Waals surface area contributed by atoms with Gasteiger partial charge in [0.2, 0.25) is 5.91 Å². The van der Waals surface area contributed by atoms with Crippen molar-refractivity contribution >= 4 is 28.6 Å². The van der Waals surface area contributed by atoms with Crippen molar-refractivity contribution in [2.45, 2.75) is 62.5 Å². The van der Waals surface area contributed by atoms with Gasteiger partial charge < -0.3 is 5.32 Å². The Morgan fingerprint density at radius 1 is 1.23 bits per heavy atom. The number of para-hydroxylation sites is 1. The molecule has 0 saturated heterocycles. The quantitative estimate of drug-likeness (QED) is 0.471. The number of carbonyl (C=O) groups is 1. The van der Waals surface area contributed by atoms with Gasteiger partial charge in [-0.3, -0.25) is 14.2 Å². The van der Waals surface area contributed by atoms with E-state index in [1.807, 2.05) is 44.2 Å². The van der Waals surface area contributed by atoms with Gasteiger partial charge in [-0.1, -0.05) is 55.1 Å². The molecule has 0 unspecified atom stereocenters. The van der Waals surface area contributed by atoms with E-state index in [0.29, 0.717) is 22.6 Å². The molecular formula is C24H27N3O2S. The van der Waals surface area contributed by atoms with Gasteiger partial charge in [0.15, 0.2) is 5.16 Å². The molecule has 0 bridgehead atoms. The van der Waals surface area contributed by atoms with Crippen LogP contribution in [0.4, 0.5) is 0 Å². The Kier molecular flexibility index (Phi) is 6.23. The fourth-order valence-corrected chi connectivity index (χ4v) is 5.01. The number of aryl methyl sites for hydroxylation is 1. The molecule has 6 heteroatoms. The minimum Gasteiger partial charge on any atom is -0.348 e. The van der Waals surface area contributed by atoms with Gasteiger partial charge in [0.1, 0.15) is 0 Å². The summed E-state index contributed by atoms with van der Waals surface area (Å²) < 4.78 is 1.70. The van der Waals surface area contributed by atoms with Crippen molar-refractivity contribution in [3.05, 3.63) is 70.0 Å². The van der Waals surface area contributed by atoms with Crippen molar-refractivity contribution in [1.29, 1.82) is 0 Å². The van der Waals surface area contributed by atoms with Crippen LogP contribution in [-0.2, 0) is 17.8 Å². The highest BCUT2D eigenvalue weighted by Gasteiger charge is 2.25. The second kappa shape index (κ2) is 9.04. The summed E-state index contributed by atoms with van der Waals surface area (Å²) >= 11 is 1.36. The number of amides is 1. The molecule has 30 heavy (non-hydrogen) atoms. The van der Waals surface area contributed by atoms with Gasteiger partial charge >= 0.3 is 0 Å². The predicted octanol–water partition coefficient (Wildman–Crippen LogP) is 4.48. The van der Waals surface area contributed by atoms with E-state index in [0.717, 1.165) is 25.7 Å². The van der Waals surface area contributed by atoms with Crippen molar-refractivity contribution < 1.29 is 4.79 Å². The molecule has 1 aliphatic carbocycles. The van der Waals surface area contributed by atoms with Gasteiger partial charge in [-0.25, -0.2) is 4.98 Å². The fraction of sp³-hybridized carbons (Fsp3) is 0.375. The Balaban J connectivity index is 1.56. The number of hydrogen-bond donors (Lipinski definition) is 1. The lowest BCUT2D eigenvalue weighted by atomic mass is 9.88. The van der Waals surface area contributed by atoms with E-state index in [1.54, 1.807) is 4.57 Å². The van der Waals surface area contributed by atoms with Crippen molar-refractivity contribution in [2.75, 3.05) is 0 Å². The molecule has 0 aliphatic heterocycles. The summed E-state index contributed by atoms with van der Waals surface area (Å²) in [7, 11) is 0. The van der Waals surface area contributed by atoms with Crippen LogP contribution in [0.15, 0.2) is 58.5 Å². The highest BCUT2D eigenvalue weighted by Crippen LogP contribution is 2.30. The van der Waals surface area contributed by atoms with E-state index in [1.165, 1.54) is 22.9 Å². The number of nitrogens with zero attached hydrogens (tertiary/aromatic N) is 2. The third-order valence-corrected chi connectivity index (χ3v) is 6.70. The number of rotatable bonds is 6. The van der Waals surface area contributed by atoms with Crippen LogP contribution in [0, 0.1) is 0 Å². The lowest BCUT2D eigenvalue weighted by Crippen LogP contribution is -2.36. The molecule has 2 aromatic carbocycles. The zero-order valence-electron chi connectivity index (χ0n) is 17.4. The van der Waals surface area contributed by atoms with E-state index in [9.17, 15) is 9.59 Å². The molecule has 2 atom stereocenters. The number of thioether (sulfide) groups is 1. The molecule has 4 rings (SSSR count). The van der Waals surface area contributed by atoms with Gasteiger partial charge in [0, 0.05) is 6.54 Å². The van der Waals surface area contributed by atoms with Crippen LogP contribution in [0.3, 0.4) is 0 Å². The molecule has 5 nitrogen and oxygen atoms in total. The minimum absolute atomic E-state index is 0.0211.